The molecule has 0 aliphatic carbocycles. The van der Waals surface area contributed by atoms with Crippen LogP contribution in [0.1, 0.15) is 19.0 Å². The first-order valence-electron chi connectivity index (χ1n) is 6.03. The van der Waals surface area contributed by atoms with Crippen LogP contribution < -0.4 is 15.4 Å². The highest BCUT2D eigenvalue weighted by atomic mass is 32.1. The van der Waals surface area contributed by atoms with Crippen molar-refractivity contribution in [1.82, 2.24) is 15.0 Å². The van der Waals surface area contributed by atoms with Crippen molar-refractivity contribution in [2.24, 2.45) is 0 Å². The lowest BCUT2D eigenvalue weighted by molar-refractivity contribution is 0.306. The zero-order valence-electron chi connectivity index (χ0n) is 11.0. The van der Waals surface area contributed by atoms with E-state index in [1.807, 2.05) is 29.8 Å². The largest absolute Gasteiger partial charge is 0.476 e. The average molecular weight is 279 g/mol. The number of anilines is 2. The maximum absolute atomic E-state index is 6.04. The molecule has 2 aromatic rings. The van der Waals surface area contributed by atoms with E-state index in [4.69, 9.17) is 10.5 Å². The van der Waals surface area contributed by atoms with Crippen LogP contribution in [0.4, 0.5) is 11.5 Å². The van der Waals surface area contributed by atoms with Crippen LogP contribution in [0.5, 0.6) is 5.88 Å². The average Bonchev–Trinajstić information content (AvgIpc) is 2.90. The summed E-state index contributed by atoms with van der Waals surface area (Å²) in [7, 11) is 1.92. The number of rotatable bonds is 6. The molecular weight excluding hydrogens is 262 g/mol. The monoisotopic (exact) mass is 279 g/mol. The Bertz CT molecular complexity index is 517. The molecule has 6 nitrogen and oxygen atoms in total. The summed E-state index contributed by atoms with van der Waals surface area (Å²) in [6.07, 6.45) is 2.38. The minimum Gasteiger partial charge on any atom is -0.476 e. The van der Waals surface area contributed by atoms with Gasteiger partial charge in [0.25, 0.3) is 0 Å². The standard InChI is InChI=1S/C12H17N5OS/c1-3-4-18-12-10(13)11(14-7-15-12)17(2)5-9-6-19-8-16-9/h6-8H,3-5,13H2,1-2H3. The van der Waals surface area contributed by atoms with E-state index in [-0.39, 0.29) is 0 Å². The van der Waals surface area contributed by atoms with Crippen LogP contribution in [0.15, 0.2) is 17.2 Å². The van der Waals surface area contributed by atoms with Crippen molar-refractivity contribution in [1.29, 1.82) is 0 Å². The van der Waals surface area contributed by atoms with Crippen LogP contribution in [-0.4, -0.2) is 28.6 Å². The molecule has 0 radical (unpaired) electrons. The lowest BCUT2D eigenvalue weighted by atomic mass is 10.4. The lowest BCUT2D eigenvalue weighted by Crippen LogP contribution is -2.20. The van der Waals surface area contributed by atoms with Crippen molar-refractivity contribution in [2.45, 2.75) is 19.9 Å². The highest BCUT2D eigenvalue weighted by molar-refractivity contribution is 7.07. The maximum atomic E-state index is 6.04. The van der Waals surface area contributed by atoms with Gasteiger partial charge in [0.1, 0.15) is 12.0 Å². The zero-order chi connectivity index (χ0) is 13.7. The Morgan fingerprint density at radius 3 is 2.89 bits per heavy atom. The van der Waals surface area contributed by atoms with Gasteiger partial charge < -0.3 is 15.4 Å². The van der Waals surface area contributed by atoms with Gasteiger partial charge in [0.05, 0.1) is 24.4 Å². The number of hydrogen-bond donors (Lipinski definition) is 1. The molecule has 2 rings (SSSR count). The second-order valence-electron chi connectivity index (χ2n) is 4.10. The summed E-state index contributed by atoms with van der Waals surface area (Å²) >= 11 is 1.57. The summed E-state index contributed by atoms with van der Waals surface area (Å²) in [5.74, 6) is 1.10. The smallest absolute Gasteiger partial charge is 0.242 e. The SMILES string of the molecule is CCCOc1ncnc(N(C)Cc2cscn2)c1N. The van der Waals surface area contributed by atoms with Gasteiger partial charge in [-0.2, -0.15) is 4.98 Å². The van der Waals surface area contributed by atoms with Crippen molar-refractivity contribution in [3.8, 4) is 5.88 Å². The maximum Gasteiger partial charge on any atom is 0.242 e. The third kappa shape index (κ3) is 3.31. The fraction of sp³-hybridized carbons (Fsp3) is 0.417. The summed E-state index contributed by atoms with van der Waals surface area (Å²) in [5.41, 5.74) is 9.31. The summed E-state index contributed by atoms with van der Waals surface area (Å²) in [6.45, 7) is 3.28. The van der Waals surface area contributed by atoms with Crippen LogP contribution in [0.2, 0.25) is 0 Å². The molecule has 102 valence electrons. The lowest BCUT2D eigenvalue weighted by Gasteiger charge is -2.19. The van der Waals surface area contributed by atoms with Gasteiger partial charge in [-0.05, 0) is 6.42 Å². The van der Waals surface area contributed by atoms with Gasteiger partial charge in [-0.3, -0.25) is 0 Å². The fourth-order valence-corrected chi connectivity index (χ4v) is 2.17. The molecule has 7 heteroatoms. The number of aromatic nitrogens is 3. The van der Waals surface area contributed by atoms with Gasteiger partial charge in [0.15, 0.2) is 5.82 Å². The van der Waals surface area contributed by atoms with E-state index in [1.54, 1.807) is 11.3 Å². The van der Waals surface area contributed by atoms with Gasteiger partial charge in [0, 0.05) is 12.4 Å². The highest BCUT2D eigenvalue weighted by Gasteiger charge is 2.13. The van der Waals surface area contributed by atoms with Crippen molar-refractivity contribution in [3.63, 3.8) is 0 Å². The van der Waals surface area contributed by atoms with Crippen LogP contribution in [-0.2, 0) is 6.54 Å². The van der Waals surface area contributed by atoms with E-state index in [0.29, 0.717) is 30.5 Å². The predicted molar refractivity (Wildman–Crippen MR) is 76.5 cm³/mol. The number of thiazole rings is 1. The Morgan fingerprint density at radius 1 is 1.37 bits per heavy atom. The molecule has 0 atom stereocenters. The molecule has 0 bridgehead atoms. The van der Waals surface area contributed by atoms with Crippen LogP contribution >= 0.6 is 11.3 Å². The van der Waals surface area contributed by atoms with E-state index in [9.17, 15) is 0 Å². The summed E-state index contributed by atoms with van der Waals surface area (Å²) in [5, 5.41) is 2.00. The summed E-state index contributed by atoms with van der Waals surface area (Å²) in [4.78, 5) is 14.5. The first-order valence-corrected chi connectivity index (χ1v) is 6.98. The quantitative estimate of drug-likeness (QED) is 0.870. The van der Waals surface area contributed by atoms with Gasteiger partial charge in [-0.1, -0.05) is 6.92 Å². The zero-order valence-corrected chi connectivity index (χ0v) is 11.9. The van der Waals surface area contributed by atoms with Gasteiger partial charge in [-0.15, -0.1) is 11.3 Å². The first-order chi connectivity index (χ1) is 9.22. The first kappa shape index (κ1) is 13.5. The normalized spacial score (nSPS) is 10.4. The van der Waals surface area contributed by atoms with E-state index < -0.39 is 0 Å². The molecule has 0 saturated carbocycles. The Balaban J connectivity index is 2.14. The number of nitrogens with zero attached hydrogens (tertiary/aromatic N) is 4. The van der Waals surface area contributed by atoms with Crippen molar-refractivity contribution >= 4 is 22.8 Å². The van der Waals surface area contributed by atoms with E-state index in [2.05, 4.69) is 15.0 Å². The molecule has 2 heterocycles. The molecule has 0 saturated heterocycles. The Kier molecular flexibility index (Phi) is 4.51. The molecular formula is C12H17N5OS. The van der Waals surface area contributed by atoms with Crippen LogP contribution in [0.25, 0.3) is 0 Å². The minimum absolute atomic E-state index is 0.442. The number of nitrogen functional groups attached to an aromatic ring is 1. The second-order valence-corrected chi connectivity index (χ2v) is 4.82. The summed E-state index contributed by atoms with van der Waals surface area (Å²) < 4.78 is 5.50. The molecule has 0 aliphatic rings. The Morgan fingerprint density at radius 2 is 2.21 bits per heavy atom. The van der Waals surface area contributed by atoms with E-state index in [1.165, 1.54) is 6.33 Å². The van der Waals surface area contributed by atoms with Gasteiger partial charge in [-0.25, -0.2) is 9.97 Å². The predicted octanol–water partition coefficient (Wildman–Crippen LogP) is 1.94. The fourth-order valence-electron chi connectivity index (χ4n) is 1.62. The van der Waals surface area contributed by atoms with Crippen LogP contribution in [0.3, 0.4) is 0 Å². The van der Waals surface area contributed by atoms with E-state index in [0.717, 1.165) is 12.1 Å². The number of hydrogen-bond acceptors (Lipinski definition) is 7. The third-order valence-electron chi connectivity index (χ3n) is 2.51. The molecule has 0 spiro atoms. The Hall–Kier alpha value is -1.89. The molecule has 0 aromatic carbocycles. The molecule has 0 fully saturated rings. The molecule has 0 amide bonds. The Labute approximate surface area is 116 Å². The third-order valence-corrected chi connectivity index (χ3v) is 3.15. The molecule has 0 aliphatic heterocycles. The second kappa shape index (κ2) is 6.33. The number of ether oxygens (including phenoxy) is 1. The topological polar surface area (TPSA) is 77.2 Å². The van der Waals surface area contributed by atoms with Crippen LogP contribution in [0, 0.1) is 0 Å². The molecule has 2 aromatic heterocycles. The van der Waals surface area contributed by atoms with Gasteiger partial charge >= 0.3 is 0 Å². The summed E-state index contributed by atoms with van der Waals surface area (Å²) in [6, 6.07) is 0. The number of nitrogens with two attached hydrogens (primary N) is 1. The van der Waals surface area contributed by atoms with Crippen molar-refractivity contribution in [3.05, 3.63) is 22.9 Å². The minimum atomic E-state index is 0.442. The van der Waals surface area contributed by atoms with Crippen molar-refractivity contribution in [2.75, 3.05) is 24.3 Å². The van der Waals surface area contributed by atoms with Crippen molar-refractivity contribution < 1.29 is 4.74 Å². The highest BCUT2D eigenvalue weighted by Crippen LogP contribution is 2.27. The molecule has 0 unspecified atom stereocenters. The molecule has 2 N–H and O–H groups in total. The van der Waals surface area contributed by atoms with Gasteiger partial charge in [0.2, 0.25) is 5.88 Å². The molecule has 19 heavy (non-hydrogen) atoms. The van der Waals surface area contributed by atoms with E-state index >= 15 is 0 Å².